The number of carbonyl (C=O) groups is 2. The molecule has 0 spiro atoms. The zero-order chi connectivity index (χ0) is 29.9. The highest BCUT2D eigenvalue weighted by atomic mass is 35.5. The first-order chi connectivity index (χ1) is 19.2. The average molecular weight is 619 g/mol. The minimum atomic E-state index is -3.69. The number of nitrogens with zero attached hydrogens (tertiary/aromatic N) is 2. The SMILES string of the molecule is CC(C)(C)OC(=O)CNC(=O)c1cccc(N(C2CN(C(c3ccc(Cl)cc3)c3ccc(Cl)cc3)C2)S(C)(=O)=O)c1. The van der Waals surface area contributed by atoms with Gasteiger partial charge in [-0.15, -0.1) is 0 Å². The second-order valence-electron chi connectivity index (χ2n) is 11.0. The molecule has 3 aromatic rings. The van der Waals surface area contributed by atoms with Gasteiger partial charge in [-0.2, -0.15) is 0 Å². The smallest absolute Gasteiger partial charge is 0.325 e. The quantitative estimate of drug-likeness (QED) is 0.327. The molecule has 41 heavy (non-hydrogen) atoms. The fourth-order valence-electron chi connectivity index (χ4n) is 4.84. The van der Waals surface area contributed by atoms with E-state index in [1.54, 1.807) is 39.0 Å². The predicted octanol–water partition coefficient (Wildman–Crippen LogP) is 5.30. The van der Waals surface area contributed by atoms with E-state index in [-0.39, 0.29) is 24.2 Å². The number of anilines is 1. The number of benzene rings is 3. The maximum Gasteiger partial charge on any atom is 0.325 e. The van der Waals surface area contributed by atoms with E-state index >= 15 is 0 Å². The Hall–Kier alpha value is -3.11. The van der Waals surface area contributed by atoms with Gasteiger partial charge in [-0.3, -0.25) is 18.8 Å². The Morgan fingerprint density at radius 3 is 2.00 bits per heavy atom. The van der Waals surface area contributed by atoms with Crippen molar-refractivity contribution in [1.82, 2.24) is 10.2 Å². The molecule has 0 saturated carbocycles. The summed E-state index contributed by atoms with van der Waals surface area (Å²) in [6.07, 6.45) is 1.15. The summed E-state index contributed by atoms with van der Waals surface area (Å²) in [6.45, 7) is 5.83. The molecule has 4 rings (SSSR count). The number of halogens is 2. The highest BCUT2D eigenvalue weighted by Crippen LogP contribution is 2.36. The maximum atomic E-state index is 13.0. The molecule has 1 amide bonds. The third-order valence-electron chi connectivity index (χ3n) is 6.49. The lowest BCUT2D eigenvalue weighted by molar-refractivity contribution is -0.153. The first kappa shape index (κ1) is 30.8. The highest BCUT2D eigenvalue weighted by molar-refractivity contribution is 7.92. The van der Waals surface area contributed by atoms with E-state index in [1.807, 2.05) is 48.5 Å². The first-order valence-corrected chi connectivity index (χ1v) is 15.7. The van der Waals surface area contributed by atoms with Gasteiger partial charge in [0.15, 0.2) is 0 Å². The van der Waals surface area contributed by atoms with E-state index in [0.29, 0.717) is 28.8 Å². The summed E-state index contributed by atoms with van der Waals surface area (Å²) in [5, 5.41) is 3.80. The molecular weight excluding hydrogens is 585 g/mol. The van der Waals surface area contributed by atoms with Crippen LogP contribution in [0.25, 0.3) is 0 Å². The fourth-order valence-corrected chi connectivity index (χ4v) is 6.26. The molecule has 1 fully saturated rings. The van der Waals surface area contributed by atoms with Gasteiger partial charge in [0.05, 0.1) is 24.0 Å². The number of esters is 1. The van der Waals surface area contributed by atoms with Gasteiger partial charge in [0.1, 0.15) is 12.1 Å². The summed E-state index contributed by atoms with van der Waals surface area (Å²) in [7, 11) is -3.69. The van der Waals surface area contributed by atoms with E-state index in [9.17, 15) is 18.0 Å². The topological polar surface area (TPSA) is 96.0 Å². The predicted molar refractivity (Wildman–Crippen MR) is 162 cm³/mol. The third kappa shape index (κ3) is 8.01. The molecule has 0 aromatic heterocycles. The lowest BCUT2D eigenvalue weighted by Crippen LogP contribution is -2.61. The van der Waals surface area contributed by atoms with Crippen LogP contribution in [0.15, 0.2) is 72.8 Å². The molecule has 0 atom stereocenters. The third-order valence-corrected chi connectivity index (χ3v) is 8.22. The van der Waals surface area contributed by atoms with Gasteiger partial charge in [-0.1, -0.05) is 53.5 Å². The molecule has 0 bridgehead atoms. The molecule has 0 unspecified atom stereocenters. The molecule has 1 aliphatic heterocycles. The van der Waals surface area contributed by atoms with Crippen molar-refractivity contribution in [2.45, 2.75) is 38.5 Å². The minimum Gasteiger partial charge on any atom is -0.459 e. The molecule has 3 aromatic carbocycles. The Labute approximate surface area is 251 Å². The van der Waals surface area contributed by atoms with Crippen LogP contribution in [0.5, 0.6) is 0 Å². The Balaban J connectivity index is 1.53. The Morgan fingerprint density at radius 1 is 0.976 bits per heavy atom. The van der Waals surface area contributed by atoms with Crippen LogP contribution in [-0.4, -0.2) is 62.7 Å². The van der Waals surface area contributed by atoms with Crippen LogP contribution >= 0.6 is 23.2 Å². The zero-order valence-electron chi connectivity index (χ0n) is 23.3. The van der Waals surface area contributed by atoms with E-state index < -0.39 is 27.5 Å². The van der Waals surface area contributed by atoms with Gasteiger partial charge in [-0.25, -0.2) is 8.42 Å². The normalized spacial score (nSPS) is 14.4. The largest absolute Gasteiger partial charge is 0.459 e. The van der Waals surface area contributed by atoms with Crippen molar-refractivity contribution in [3.63, 3.8) is 0 Å². The van der Waals surface area contributed by atoms with Crippen LogP contribution in [-0.2, 0) is 19.6 Å². The molecule has 0 radical (unpaired) electrons. The molecule has 11 heteroatoms. The monoisotopic (exact) mass is 617 g/mol. The number of amides is 1. The number of hydrogen-bond donors (Lipinski definition) is 1. The van der Waals surface area contributed by atoms with E-state index in [4.69, 9.17) is 27.9 Å². The van der Waals surface area contributed by atoms with Crippen molar-refractivity contribution >= 4 is 50.8 Å². The van der Waals surface area contributed by atoms with Crippen LogP contribution in [0, 0.1) is 0 Å². The fraction of sp³-hybridized carbons (Fsp3) is 0.333. The van der Waals surface area contributed by atoms with E-state index in [1.165, 1.54) is 10.4 Å². The molecule has 1 heterocycles. The number of sulfonamides is 1. The lowest BCUT2D eigenvalue weighted by Gasteiger charge is -2.48. The number of likely N-dealkylation sites (tertiary alicyclic amines) is 1. The van der Waals surface area contributed by atoms with Crippen LogP contribution in [0.4, 0.5) is 5.69 Å². The van der Waals surface area contributed by atoms with Crippen molar-refractivity contribution in [3.05, 3.63) is 99.5 Å². The average Bonchev–Trinajstić information content (AvgIpc) is 2.86. The molecule has 1 N–H and O–H groups in total. The standard InChI is InChI=1S/C30H33Cl2N3O5S/c1-30(2,3)40-27(36)17-33-29(37)22-6-5-7-25(16-22)35(41(4,38)39)26-18-34(19-26)28(20-8-12-23(31)13-9-20)21-10-14-24(32)15-11-21/h5-16,26,28H,17-19H2,1-4H3,(H,33,37). The Morgan fingerprint density at radius 2 is 1.51 bits per heavy atom. The van der Waals surface area contributed by atoms with Crippen LogP contribution < -0.4 is 9.62 Å². The Kier molecular flexibility index (Phi) is 9.33. The van der Waals surface area contributed by atoms with Gasteiger partial charge in [0, 0.05) is 28.7 Å². The number of hydrogen-bond acceptors (Lipinski definition) is 6. The number of ether oxygens (including phenoxy) is 1. The molecule has 0 aliphatic carbocycles. The summed E-state index contributed by atoms with van der Waals surface area (Å²) in [5.41, 5.74) is 1.97. The summed E-state index contributed by atoms with van der Waals surface area (Å²) in [4.78, 5) is 27.0. The highest BCUT2D eigenvalue weighted by Gasteiger charge is 2.40. The minimum absolute atomic E-state index is 0.132. The van der Waals surface area contributed by atoms with Crippen LogP contribution in [0.2, 0.25) is 10.0 Å². The molecule has 8 nitrogen and oxygen atoms in total. The second kappa shape index (κ2) is 12.4. The van der Waals surface area contributed by atoms with Crippen molar-refractivity contribution in [1.29, 1.82) is 0 Å². The summed E-state index contributed by atoms with van der Waals surface area (Å²) in [5.74, 6) is -1.07. The molecule has 1 saturated heterocycles. The Bertz CT molecular complexity index is 1450. The lowest BCUT2D eigenvalue weighted by atomic mass is 9.93. The molecular formula is C30H33Cl2N3O5S. The zero-order valence-corrected chi connectivity index (χ0v) is 25.6. The van der Waals surface area contributed by atoms with Crippen molar-refractivity contribution < 1.29 is 22.7 Å². The summed E-state index contributed by atoms with van der Waals surface area (Å²) < 4.78 is 32.6. The van der Waals surface area contributed by atoms with E-state index in [0.717, 1.165) is 17.4 Å². The molecule has 218 valence electrons. The van der Waals surface area contributed by atoms with Crippen LogP contribution in [0.3, 0.4) is 0 Å². The van der Waals surface area contributed by atoms with Gasteiger partial charge in [-0.05, 0) is 74.4 Å². The van der Waals surface area contributed by atoms with Gasteiger partial charge in [0.25, 0.3) is 5.91 Å². The number of carbonyl (C=O) groups excluding carboxylic acids is 2. The first-order valence-electron chi connectivity index (χ1n) is 13.1. The van der Waals surface area contributed by atoms with Gasteiger partial charge < -0.3 is 10.1 Å². The van der Waals surface area contributed by atoms with Crippen molar-refractivity contribution in [2.24, 2.45) is 0 Å². The number of rotatable bonds is 9. The van der Waals surface area contributed by atoms with Crippen molar-refractivity contribution in [3.8, 4) is 0 Å². The van der Waals surface area contributed by atoms with Gasteiger partial charge in [0.2, 0.25) is 10.0 Å². The summed E-state index contributed by atoms with van der Waals surface area (Å²) in [6, 6.07) is 21.1. The van der Waals surface area contributed by atoms with Crippen LogP contribution in [0.1, 0.15) is 48.3 Å². The van der Waals surface area contributed by atoms with Crippen molar-refractivity contribution in [2.75, 3.05) is 30.2 Å². The van der Waals surface area contributed by atoms with E-state index in [2.05, 4.69) is 10.2 Å². The molecule has 1 aliphatic rings. The number of nitrogens with one attached hydrogen (secondary N) is 1. The second-order valence-corrected chi connectivity index (χ2v) is 13.7. The van der Waals surface area contributed by atoms with Gasteiger partial charge >= 0.3 is 5.97 Å². The summed E-state index contributed by atoms with van der Waals surface area (Å²) >= 11 is 12.3. The maximum absolute atomic E-state index is 13.0.